The number of anilines is 1. The minimum absolute atomic E-state index is 0.124. The van der Waals surface area contributed by atoms with Crippen molar-refractivity contribution < 1.29 is 4.79 Å². The number of hydrazone groups is 1. The van der Waals surface area contributed by atoms with Gasteiger partial charge >= 0.3 is 0 Å². The van der Waals surface area contributed by atoms with Crippen molar-refractivity contribution in [2.75, 3.05) is 12.0 Å². The largest absolute Gasteiger partial charge is 0.334 e. The van der Waals surface area contributed by atoms with Crippen molar-refractivity contribution in [2.24, 2.45) is 5.10 Å². The average molecular weight is 378 g/mol. The Balaban J connectivity index is 1.80. The summed E-state index contributed by atoms with van der Waals surface area (Å²) in [5.74, 6) is 0.430. The van der Waals surface area contributed by atoms with E-state index in [1.54, 1.807) is 23.1 Å². The molecule has 2 aromatic rings. The van der Waals surface area contributed by atoms with E-state index in [4.69, 9.17) is 23.2 Å². The Morgan fingerprint density at radius 2 is 2.04 bits per heavy atom. The average Bonchev–Trinajstić information content (AvgIpc) is 2.58. The Kier molecular flexibility index (Phi) is 5.20. The Morgan fingerprint density at radius 1 is 1.24 bits per heavy atom. The maximum Gasteiger partial charge on any atom is 0.255 e. The zero-order valence-electron chi connectivity index (χ0n) is 13.9. The molecule has 1 aliphatic rings. The van der Waals surface area contributed by atoms with Crippen LogP contribution >= 0.6 is 23.2 Å². The van der Waals surface area contributed by atoms with E-state index in [-0.39, 0.29) is 5.91 Å². The third-order valence-corrected chi connectivity index (χ3v) is 4.33. The van der Waals surface area contributed by atoms with Gasteiger partial charge in [0.15, 0.2) is 5.82 Å². The first kappa shape index (κ1) is 17.6. The highest BCUT2D eigenvalue weighted by Crippen LogP contribution is 2.25. The second-order valence-electron chi connectivity index (χ2n) is 5.97. The highest BCUT2D eigenvalue weighted by Gasteiger charge is 2.24. The molecule has 25 heavy (non-hydrogen) atoms. The smallest absolute Gasteiger partial charge is 0.255 e. The molecule has 0 saturated heterocycles. The normalized spacial score (nSPS) is 13.2. The summed E-state index contributed by atoms with van der Waals surface area (Å²) in [6.45, 7) is 4.79. The minimum atomic E-state index is -0.124. The number of aromatic nitrogens is 2. The van der Waals surface area contributed by atoms with Gasteiger partial charge in [0.25, 0.3) is 5.91 Å². The fraction of sp³-hybridized carbons (Fsp3) is 0.294. The maximum absolute atomic E-state index is 12.8. The van der Waals surface area contributed by atoms with Gasteiger partial charge in [0.1, 0.15) is 0 Å². The van der Waals surface area contributed by atoms with Crippen molar-refractivity contribution in [3.05, 3.63) is 51.1 Å². The number of nitrogens with zero attached hydrogens (tertiary/aromatic N) is 4. The zero-order chi connectivity index (χ0) is 18.0. The number of halogens is 2. The molecule has 6 nitrogen and oxygen atoms in total. The van der Waals surface area contributed by atoms with Crippen LogP contribution in [-0.4, -0.2) is 33.3 Å². The van der Waals surface area contributed by atoms with Gasteiger partial charge in [-0.2, -0.15) is 10.2 Å². The Morgan fingerprint density at radius 3 is 2.76 bits per heavy atom. The molecule has 1 amide bonds. The number of hydrogen-bond acceptors (Lipinski definition) is 5. The number of amides is 1. The van der Waals surface area contributed by atoms with Crippen LogP contribution in [0, 0.1) is 0 Å². The molecule has 1 aliphatic heterocycles. The van der Waals surface area contributed by atoms with Crippen LogP contribution in [0.25, 0.3) is 0 Å². The highest BCUT2D eigenvalue weighted by atomic mass is 35.5. The molecule has 8 heteroatoms. The van der Waals surface area contributed by atoms with Crippen LogP contribution in [0.2, 0.25) is 10.0 Å². The Hall–Kier alpha value is -2.18. The van der Waals surface area contributed by atoms with E-state index in [1.165, 1.54) is 0 Å². The minimum Gasteiger partial charge on any atom is -0.334 e. The highest BCUT2D eigenvalue weighted by molar-refractivity contribution is 6.36. The first-order valence-electron chi connectivity index (χ1n) is 7.81. The van der Waals surface area contributed by atoms with Crippen LogP contribution in [0.4, 0.5) is 5.82 Å². The van der Waals surface area contributed by atoms with Gasteiger partial charge in [-0.1, -0.05) is 23.2 Å². The quantitative estimate of drug-likeness (QED) is 0.652. The van der Waals surface area contributed by atoms with Crippen molar-refractivity contribution in [3.63, 3.8) is 0 Å². The summed E-state index contributed by atoms with van der Waals surface area (Å²) in [7, 11) is 0. The van der Waals surface area contributed by atoms with Gasteiger partial charge in [0, 0.05) is 30.2 Å². The van der Waals surface area contributed by atoms with E-state index < -0.39 is 0 Å². The monoisotopic (exact) mass is 377 g/mol. The summed E-state index contributed by atoms with van der Waals surface area (Å²) in [5, 5.41) is 13.3. The molecule has 0 radical (unpaired) electrons. The molecule has 0 aliphatic carbocycles. The van der Waals surface area contributed by atoms with Crippen LogP contribution in [-0.2, 0) is 13.0 Å². The summed E-state index contributed by atoms with van der Waals surface area (Å²) in [6.07, 6.45) is 0.648. The van der Waals surface area contributed by atoms with Crippen LogP contribution < -0.4 is 5.43 Å². The van der Waals surface area contributed by atoms with E-state index in [2.05, 4.69) is 20.7 Å². The summed E-state index contributed by atoms with van der Waals surface area (Å²) in [4.78, 5) is 14.5. The third-order valence-electron chi connectivity index (χ3n) is 3.78. The molecule has 0 fully saturated rings. The van der Waals surface area contributed by atoms with E-state index in [9.17, 15) is 4.79 Å². The van der Waals surface area contributed by atoms with E-state index in [1.807, 2.05) is 19.9 Å². The molecule has 0 bridgehead atoms. The third kappa shape index (κ3) is 4.08. The molecule has 130 valence electrons. The van der Waals surface area contributed by atoms with Crippen molar-refractivity contribution in [2.45, 2.75) is 26.8 Å². The van der Waals surface area contributed by atoms with E-state index >= 15 is 0 Å². The lowest BCUT2D eigenvalue weighted by Crippen LogP contribution is -2.36. The molecule has 0 saturated carbocycles. The number of benzene rings is 1. The second kappa shape index (κ2) is 7.37. The molecule has 0 spiro atoms. The molecule has 1 aromatic heterocycles. The summed E-state index contributed by atoms with van der Waals surface area (Å²) >= 11 is 12.1. The molecule has 0 atom stereocenters. The number of hydrogen-bond donors (Lipinski definition) is 1. The SMILES string of the molecule is CC(C)=NNc1cc2c(nn1)CCN(C(=O)c1ccc(Cl)cc1Cl)C2. The first-order valence-corrected chi connectivity index (χ1v) is 8.56. The standard InChI is InChI=1S/C17H17Cl2N5O/c1-10(2)20-22-16-7-11-9-24(6-5-15(11)21-23-16)17(25)13-4-3-12(18)8-14(13)19/h3-4,7-8H,5-6,9H2,1-2H3,(H,22,23). The van der Waals surface area contributed by atoms with Crippen LogP contribution in [0.5, 0.6) is 0 Å². The number of carbonyl (C=O) groups excluding carboxylic acids is 1. The number of fused-ring (bicyclic) bond motifs is 1. The fourth-order valence-corrected chi connectivity index (χ4v) is 3.05. The predicted molar refractivity (Wildman–Crippen MR) is 99.3 cm³/mol. The summed E-state index contributed by atoms with van der Waals surface area (Å²) in [5.41, 5.74) is 6.04. The van der Waals surface area contributed by atoms with Gasteiger partial charge in [0.05, 0.1) is 16.3 Å². The fourth-order valence-electron chi connectivity index (χ4n) is 2.56. The van der Waals surface area contributed by atoms with Gasteiger partial charge in [-0.05, 0) is 43.7 Å². The van der Waals surface area contributed by atoms with Gasteiger partial charge in [0.2, 0.25) is 0 Å². The van der Waals surface area contributed by atoms with Gasteiger partial charge in [-0.25, -0.2) is 0 Å². The molecule has 2 heterocycles. The lowest BCUT2D eigenvalue weighted by atomic mass is 10.1. The van der Waals surface area contributed by atoms with Crippen molar-refractivity contribution in [1.29, 1.82) is 0 Å². The molecule has 1 aromatic carbocycles. The van der Waals surface area contributed by atoms with Crippen molar-refractivity contribution in [3.8, 4) is 0 Å². The first-order chi connectivity index (χ1) is 11.9. The van der Waals surface area contributed by atoms with E-state index in [0.717, 1.165) is 17.0 Å². The second-order valence-corrected chi connectivity index (χ2v) is 6.82. The zero-order valence-corrected chi connectivity index (χ0v) is 15.4. The number of nitrogens with one attached hydrogen (secondary N) is 1. The lowest BCUT2D eigenvalue weighted by molar-refractivity contribution is 0.0733. The van der Waals surface area contributed by atoms with Gasteiger partial charge in [-0.15, -0.1) is 5.10 Å². The molecular formula is C17H17Cl2N5O. The maximum atomic E-state index is 12.8. The molecule has 3 rings (SSSR count). The summed E-state index contributed by atoms with van der Waals surface area (Å²) in [6, 6.07) is 6.76. The van der Waals surface area contributed by atoms with Gasteiger partial charge in [-0.3, -0.25) is 10.2 Å². The van der Waals surface area contributed by atoms with E-state index in [0.29, 0.717) is 40.9 Å². The van der Waals surface area contributed by atoms with Gasteiger partial charge < -0.3 is 4.90 Å². The predicted octanol–water partition coefficient (Wildman–Crippen LogP) is 3.79. The number of rotatable bonds is 3. The Bertz CT molecular complexity index is 849. The Labute approximate surface area is 155 Å². The lowest BCUT2D eigenvalue weighted by Gasteiger charge is -2.28. The van der Waals surface area contributed by atoms with Crippen molar-refractivity contribution in [1.82, 2.24) is 15.1 Å². The summed E-state index contributed by atoms with van der Waals surface area (Å²) < 4.78 is 0. The van der Waals surface area contributed by atoms with Crippen molar-refractivity contribution >= 4 is 40.6 Å². The molecule has 1 N–H and O–H groups in total. The van der Waals surface area contributed by atoms with Crippen LogP contribution in [0.15, 0.2) is 29.4 Å². The topological polar surface area (TPSA) is 70.5 Å². The van der Waals surface area contributed by atoms with Crippen LogP contribution in [0.1, 0.15) is 35.5 Å². The molecule has 0 unspecified atom stereocenters. The molecular weight excluding hydrogens is 361 g/mol. The van der Waals surface area contributed by atoms with Crippen LogP contribution in [0.3, 0.4) is 0 Å². The number of carbonyl (C=O) groups is 1.